The summed E-state index contributed by atoms with van der Waals surface area (Å²) < 4.78 is 0. The lowest BCUT2D eigenvalue weighted by molar-refractivity contribution is 0.442. The normalized spacial score (nSPS) is 20.1. The summed E-state index contributed by atoms with van der Waals surface area (Å²) in [7, 11) is 2.03. The Labute approximate surface area is 116 Å². The van der Waals surface area contributed by atoms with Gasteiger partial charge in [-0.15, -0.1) is 0 Å². The summed E-state index contributed by atoms with van der Waals surface area (Å²) in [4.78, 5) is 11.8. The van der Waals surface area contributed by atoms with Crippen LogP contribution in [0.15, 0.2) is 6.07 Å². The number of piperidine rings is 1. The van der Waals surface area contributed by atoms with E-state index in [4.69, 9.17) is 4.98 Å². The first kappa shape index (κ1) is 14.3. The van der Waals surface area contributed by atoms with Gasteiger partial charge in [-0.05, 0) is 33.2 Å². The van der Waals surface area contributed by atoms with Crippen LogP contribution in [0.5, 0.6) is 0 Å². The van der Waals surface area contributed by atoms with Crippen molar-refractivity contribution in [2.45, 2.75) is 52.0 Å². The summed E-state index contributed by atoms with van der Waals surface area (Å²) >= 11 is 0. The molecule has 4 heteroatoms. The van der Waals surface area contributed by atoms with E-state index >= 15 is 0 Å². The highest BCUT2D eigenvalue weighted by molar-refractivity contribution is 5.42. The second-order valence-corrected chi connectivity index (χ2v) is 5.78. The number of aromatic nitrogens is 2. The molecule has 0 amide bonds. The minimum atomic E-state index is 0.381. The van der Waals surface area contributed by atoms with Crippen molar-refractivity contribution < 1.29 is 0 Å². The van der Waals surface area contributed by atoms with Gasteiger partial charge in [0.1, 0.15) is 11.6 Å². The molecule has 19 heavy (non-hydrogen) atoms. The Kier molecular flexibility index (Phi) is 4.75. The van der Waals surface area contributed by atoms with E-state index in [1.165, 1.54) is 19.3 Å². The molecular formula is C15H26N4. The van der Waals surface area contributed by atoms with Crippen LogP contribution in [0.25, 0.3) is 0 Å². The SMILES string of the molecule is CNCC1CCCCN1c1cc(C)nc(C(C)C)n1. The summed E-state index contributed by atoms with van der Waals surface area (Å²) in [6.07, 6.45) is 3.84. The van der Waals surface area contributed by atoms with E-state index in [1.807, 2.05) is 7.05 Å². The highest BCUT2D eigenvalue weighted by Gasteiger charge is 2.23. The smallest absolute Gasteiger partial charge is 0.133 e. The molecule has 2 heterocycles. The molecule has 0 radical (unpaired) electrons. The van der Waals surface area contributed by atoms with Gasteiger partial charge in [0.25, 0.3) is 0 Å². The quantitative estimate of drug-likeness (QED) is 0.905. The predicted octanol–water partition coefficient (Wildman–Crippen LogP) is 2.49. The first-order valence-corrected chi connectivity index (χ1v) is 7.38. The number of hydrogen-bond acceptors (Lipinski definition) is 4. The van der Waals surface area contributed by atoms with E-state index in [1.54, 1.807) is 0 Å². The molecule has 1 N–H and O–H groups in total. The van der Waals surface area contributed by atoms with Crippen molar-refractivity contribution in [3.05, 3.63) is 17.6 Å². The maximum atomic E-state index is 4.78. The second-order valence-electron chi connectivity index (χ2n) is 5.78. The van der Waals surface area contributed by atoms with Gasteiger partial charge in [-0.2, -0.15) is 0 Å². The van der Waals surface area contributed by atoms with Crippen molar-refractivity contribution in [3.8, 4) is 0 Å². The molecule has 0 saturated carbocycles. The molecule has 2 rings (SSSR count). The van der Waals surface area contributed by atoms with Gasteiger partial charge in [0, 0.05) is 36.8 Å². The number of nitrogens with one attached hydrogen (secondary N) is 1. The zero-order valence-electron chi connectivity index (χ0n) is 12.6. The van der Waals surface area contributed by atoms with E-state index < -0.39 is 0 Å². The molecule has 4 nitrogen and oxygen atoms in total. The van der Waals surface area contributed by atoms with Crippen molar-refractivity contribution in [1.29, 1.82) is 0 Å². The molecule has 0 spiro atoms. The topological polar surface area (TPSA) is 41.0 Å². The van der Waals surface area contributed by atoms with Gasteiger partial charge in [0.2, 0.25) is 0 Å². The Balaban J connectivity index is 2.27. The molecule has 1 atom stereocenters. The second kappa shape index (κ2) is 6.33. The molecule has 1 aliphatic rings. The van der Waals surface area contributed by atoms with Crippen LogP contribution >= 0.6 is 0 Å². The number of hydrogen-bond donors (Lipinski definition) is 1. The number of anilines is 1. The summed E-state index contributed by atoms with van der Waals surface area (Å²) in [5.74, 6) is 2.45. The third kappa shape index (κ3) is 3.44. The average Bonchev–Trinajstić information content (AvgIpc) is 2.39. The first-order valence-electron chi connectivity index (χ1n) is 7.38. The minimum absolute atomic E-state index is 0.381. The molecule has 0 aliphatic carbocycles. The number of nitrogens with zero attached hydrogens (tertiary/aromatic N) is 3. The summed E-state index contributed by atoms with van der Waals surface area (Å²) in [5, 5.41) is 3.30. The maximum Gasteiger partial charge on any atom is 0.133 e. The van der Waals surface area contributed by atoms with E-state index in [-0.39, 0.29) is 0 Å². The molecule has 0 aromatic carbocycles. The van der Waals surface area contributed by atoms with E-state index in [0.717, 1.165) is 30.4 Å². The van der Waals surface area contributed by atoms with Crippen LogP contribution in [0.1, 0.15) is 50.5 Å². The Morgan fingerprint density at radius 1 is 1.37 bits per heavy atom. The zero-order chi connectivity index (χ0) is 13.8. The molecular weight excluding hydrogens is 236 g/mol. The van der Waals surface area contributed by atoms with Gasteiger partial charge in [-0.1, -0.05) is 13.8 Å². The summed E-state index contributed by atoms with van der Waals surface area (Å²) in [5.41, 5.74) is 1.07. The van der Waals surface area contributed by atoms with Crippen LogP contribution in [0, 0.1) is 6.92 Å². The Morgan fingerprint density at radius 2 is 2.16 bits per heavy atom. The van der Waals surface area contributed by atoms with Crippen LogP contribution in [0.3, 0.4) is 0 Å². The monoisotopic (exact) mass is 262 g/mol. The van der Waals surface area contributed by atoms with Crippen molar-refractivity contribution >= 4 is 5.82 Å². The standard InChI is InChI=1S/C15H26N4/c1-11(2)15-17-12(3)9-14(18-15)19-8-6-5-7-13(19)10-16-4/h9,11,13,16H,5-8,10H2,1-4H3. The average molecular weight is 262 g/mol. The van der Waals surface area contributed by atoms with Gasteiger partial charge in [0.15, 0.2) is 0 Å². The maximum absolute atomic E-state index is 4.78. The van der Waals surface area contributed by atoms with Crippen molar-refractivity contribution in [1.82, 2.24) is 15.3 Å². The molecule has 0 bridgehead atoms. The Hall–Kier alpha value is -1.16. The molecule has 1 aromatic rings. The fourth-order valence-corrected chi connectivity index (χ4v) is 2.73. The third-order valence-electron chi connectivity index (χ3n) is 3.74. The molecule has 1 unspecified atom stereocenters. The summed E-state index contributed by atoms with van der Waals surface area (Å²) in [6.45, 7) is 8.51. The lowest BCUT2D eigenvalue weighted by Gasteiger charge is -2.37. The van der Waals surface area contributed by atoms with Crippen molar-refractivity contribution in [2.24, 2.45) is 0 Å². The largest absolute Gasteiger partial charge is 0.352 e. The Bertz CT molecular complexity index is 415. The van der Waals surface area contributed by atoms with Crippen LogP contribution in [-0.4, -0.2) is 36.1 Å². The number of aryl methyl sites for hydroxylation is 1. The van der Waals surface area contributed by atoms with E-state index in [2.05, 4.69) is 42.0 Å². The zero-order valence-corrected chi connectivity index (χ0v) is 12.6. The third-order valence-corrected chi connectivity index (χ3v) is 3.74. The van der Waals surface area contributed by atoms with Crippen molar-refractivity contribution in [3.63, 3.8) is 0 Å². The van der Waals surface area contributed by atoms with Gasteiger partial charge < -0.3 is 10.2 Å². The molecule has 1 aromatic heterocycles. The lowest BCUT2D eigenvalue weighted by atomic mass is 10.0. The molecule has 106 valence electrons. The van der Waals surface area contributed by atoms with E-state index in [0.29, 0.717) is 12.0 Å². The van der Waals surface area contributed by atoms with Crippen LogP contribution < -0.4 is 10.2 Å². The highest BCUT2D eigenvalue weighted by atomic mass is 15.2. The van der Waals surface area contributed by atoms with Crippen LogP contribution in [0.2, 0.25) is 0 Å². The van der Waals surface area contributed by atoms with Gasteiger partial charge in [-0.25, -0.2) is 9.97 Å². The lowest BCUT2D eigenvalue weighted by Crippen LogP contribution is -2.45. The number of likely N-dealkylation sites (N-methyl/N-ethyl adjacent to an activating group) is 1. The Morgan fingerprint density at radius 3 is 2.84 bits per heavy atom. The van der Waals surface area contributed by atoms with Gasteiger partial charge >= 0.3 is 0 Å². The number of rotatable bonds is 4. The predicted molar refractivity (Wildman–Crippen MR) is 79.8 cm³/mol. The van der Waals surface area contributed by atoms with Crippen LogP contribution in [-0.2, 0) is 0 Å². The van der Waals surface area contributed by atoms with Crippen LogP contribution in [0.4, 0.5) is 5.82 Å². The molecule has 1 aliphatic heterocycles. The fraction of sp³-hybridized carbons (Fsp3) is 0.733. The van der Waals surface area contributed by atoms with Gasteiger partial charge in [-0.3, -0.25) is 0 Å². The minimum Gasteiger partial charge on any atom is -0.352 e. The fourth-order valence-electron chi connectivity index (χ4n) is 2.73. The highest BCUT2D eigenvalue weighted by Crippen LogP contribution is 2.24. The first-order chi connectivity index (χ1) is 9.11. The molecule has 1 fully saturated rings. The van der Waals surface area contributed by atoms with Gasteiger partial charge in [0.05, 0.1) is 0 Å². The van der Waals surface area contributed by atoms with E-state index in [9.17, 15) is 0 Å². The van der Waals surface area contributed by atoms with Crippen molar-refractivity contribution in [2.75, 3.05) is 25.0 Å². The summed E-state index contributed by atoms with van der Waals surface area (Å²) in [6, 6.07) is 2.69. The molecule has 1 saturated heterocycles.